The molecule has 0 aliphatic rings. The smallest absolute Gasteiger partial charge is 0.227 e. The molecule has 0 radical (unpaired) electrons. The van der Waals surface area contributed by atoms with Crippen molar-refractivity contribution in [3.63, 3.8) is 0 Å². The van der Waals surface area contributed by atoms with Crippen molar-refractivity contribution in [3.05, 3.63) is 35.1 Å². The summed E-state index contributed by atoms with van der Waals surface area (Å²) in [5.41, 5.74) is 0. The molecule has 6 heteroatoms. The summed E-state index contributed by atoms with van der Waals surface area (Å²) in [4.78, 5) is 10.9. The van der Waals surface area contributed by atoms with E-state index in [1.807, 2.05) is 25.1 Å². The molecule has 0 spiro atoms. The van der Waals surface area contributed by atoms with Crippen LogP contribution >= 0.6 is 11.3 Å². The van der Waals surface area contributed by atoms with E-state index >= 15 is 0 Å². The number of hydrogen-bond donors (Lipinski definition) is 1. The molecule has 0 unspecified atom stereocenters. The first-order chi connectivity index (χ1) is 9.26. The number of rotatable bonds is 4. The van der Waals surface area contributed by atoms with Crippen LogP contribution in [0.4, 0.5) is 5.95 Å². The van der Waals surface area contributed by atoms with E-state index in [4.69, 9.17) is 9.15 Å². The number of aromatic nitrogens is 2. The Bertz CT molecular complexity index is 691. The van der Waals surface area contributed by atoms with Crippen LogP contribution in [-0.4, -0.2) is 17.0 Å². The molecule has 0 saturated carbocycles. The summed E-state index contributed by atoms with van der Waals surface area (Å²) >= 11 is 1.62. The number of aryl methyl sites for hydroxylation is 1. The molecule has 0 amide bonds. The Balaban J connectivity index is 1.96. The van der Waals surface area contributed by atoms with Gasteiger partial charge in [-0.25, -0.2) is 4.98 Å². The molecule has 0 fully saturated rings. The van der Waals surface area contributed by atoms with Gasteiger partial charge in [-0.15, -0.1) is 11.3 Å². The fourth-order valence-corrected chi connectivity index (χ4v) is 2.64. The van der Waals surface area contributed by atoms with Crippen molar-refractivity contribution in [1.82, 2.24) is 9.97 Å². The average Bonchev–Trinajstić information content (AvgIpc) is 3.03. The summed E-state index contributed by atoms with van der Waals surface area (Å²) in [5, 5.41) is 3.88. The maximum atomic E-state index is 5.74. The van der Waals surface area contributed by atoms with Crippen molar-refractivity contribution >= 4 is 27.5 Å². The van der Waals surface area contributed by atoms with Gasteiger partial charge in [-0.3, -0.25) is 0 Å². The fourth-order valence-electron chi connectivity index (χ4n) is 1.77. The van der Waals surface area contributed by atoms with Crippen LogP contribution in [0.15, 0.2) is 28.9 Å². The topological polar surface area (TPSA) is 60.2 Å². The van der Waals surface area contributed by atoms with Gasteiger partial charge < -0.3 is 14.5 Å². The molecule has 19 heavy (non-hydrogen) atoms. The van der Waals surface area contributed by atoms with Crippen molar-refractivity contribution in [2.45, 2.75) is 13.5 Å². The van der Waals surface area contributed by atoms with Crippen LogP contribution in [0.1, 0.15) is 10.6 Å². The molecule has 5 nitrogen and oxygen atoms in total. The van der Waals surface area contributed by atoms with E-state index < -0.39 is 0 Å². The summed E-state index contributed by atoms with van der Waals surface area (Å²) in [6.07, 6.45) is 1.63. The van der Waals surface area contributed by atoms with E-state index in [2.05, 4.69) is 15.3 Å². The number of fused-ring (bicyclic) bond motifs is 1. The minimum absolute atomic E-state index is 0.358. The lowest BCUT2D eigenvalue weighted by Crippen LogP contribution is -2.01. The van der Waals surface area contributed by atoms with Gasteiger partial charge in [0.2, 0.25) is 11.8 Å². The number of ether oxygens (including phenoxy) is 1. The zero-order valence-corrected chi connectivity index (χ0v) is 11.5. The van der Waals surface area contributed by atoms with Gasteiger partial charge in [0.25, 0.3) is 0 Å². The molecule has 3 heterocycles. The van der Waals surface area contributed by atoms with E-state index in [9.17, 15) is 0 Å². The van der Waals surface area contributed by atoms with E-state index in [-0.39, 0.29) is 0 Å². The van der Waals surface area contributed by atoms with Crippen LogP contribution in [0.2, 0.25) is 0 Å². The van der Waals surface area contributed by atoms with Crippen molar-refractivity contribution < 1.29 is 9.15 Å². The average molecular weight is 275 g/mol. The minimum Gasteiger partial charge on any atom is -0.469 e. The first-order valence-corrected chi connectivity index (χ1v) is 6.69. The molecule has 3 aromatic rings. The second kappa shape index (κ2) is 4.89. The summed E-state index contributed by atoms with van der Waals surface area (Å²) in [6.45, 7) is 2.40. The maximum absolute atomic E-state index is 5.74. The van der Waals surface area contributed by atoms with Crippen LogP contribution < -0.4 is 10.1 Å². The van der Waals surface area contributed by atoms with Crippen molar-refractivity contribution in [3.8, 4) is 5.88 Å². The zero-order valence-electron chi connectivity index (χ0n) is 10.6. The number of nitrogens with one attached hydrogen (secondary N) is 1. The molecular formula is C13H13N3O2S. The number of hydrogen-bond acceptors (Lipinski definition) is 6. The molecular weight excluding hydrogens is 262 g/mol. The summed E-state index contributed by atoms with van der Waals surface area (Å²) in [5.74, 6) is 1.91. The van der Waals surface area contributed by atoms with Gasteiger partial charge in [-0.05, 0) is 25.1 Å². The summed E-state index contributed by atoms with van der Waals surface area (Å²) < 4.78 is 11.0. The van der Waals surface area contributed by atoms with Crippen LogP contribution in [-0.2, 0) is 6.61 Å². The third-order valence-electron chi connectivity index (χ3n) is 2.64. The maximum Gasteiger partial charge on any atom is 0.227 e. The zero-order chi connectivity index (χ0) is 13.2. The highest BCUT2D eigenvalue weighted by Gasteiger charge is 2.11. The Morgan fingerprint density at radius 1 is 1.42 bits per heavy atom. The first-order valence-electron chi connectivity index (χ1n) is 5.87. The van der Waals surface area contributed by atoms with Crippen molar-refractivity contribution in [2.75, 3.05) is 12.4 Å². The first kappa shape index (κ1) is 12.0. The molecule has 98 valence electrons. The lowest BCUT2D eigenvalue weighted by molar-refractivity contribution is 0.264. The Kier molecular flexibility index (Phi) is 3.08. The lowest BCUT2D eigenvalue weighted by Gasteiger charge is -2.06. The van der Waals surface area contributed by atoms with E-state index in [0.29, 0.717) is 18.4 Å². The highest BCUT2D eigenvalue weighted by atomic mass is 32.1. The van der Waals surface area contributed by atoms with Gasteiger partial charge in [0, 0.05) is 11.9 Å². The third kappa shape index (κ3) is 2.39. The fraction of sp³-hybridized carbons (Fsp3) is 0.231. The number of anilines is 1. The predicted molar refractivity (Wildman–Crippen MR) is 74.7 cm³/mol. The standard InChI is InChI=1S/C13H13N3O2S/c1-8-6-10-11(18-7-9-4-3-5-17-9)15-13(14-2)16-12(10)19-8/h3-6H,7H2,1-2H3,(H,14,15,16). The second-order valence-electron chi connectivity index (χ2n) is 4.05. The van der Waals surface area contributed by atoms with Crippen LogP contribution in [0, 0.1) is 6.92 Å². The molecule has 0 atom stereocenters. The molecule has 1 N–H and O–H groups in total. The largest absolute Gasteiger partial charge is 0.469 e. The van der Waals surface area contributed by atoms with Crippen molar-refractivity contribution in [1.29, 1.82) is 0 Å². The van der Waals surface area contributed by atoms with E-state index in [1.165, 1.54) is 4.88 Å². The third-order valence-corrected chi connectivity index (χ3v) is 3.58. The molecule has 0 aliphatic heterocycles. The van der Waals surface area contributed by atoms with Crippen LogP contribution in [0.3, 0.4) is 0 Å². The minimum atomic E-state index is 0.358. The molecule has 0 bridgehead atoms. The van der Waals surface area contributed by atoms with Gasteiger partial charge in [-0.1, -0.05) is 0 Å². The van der Waals surface area contributed by atoms with Gasteiger partial charge >= 0.3 is 0 Å². The quantitative estimate of drug-likeness (QED) is 0.792. The van der Waals surface area contributed by atoms with E-state index in [0.717, 1.165) is 16.0 Å². The van der Waals surface area contributed by atoms with Crippen LogP contribution in [0.25, 0.3) is 10.2 Å². The van der Waals surface area contributed by atoms with Gasteiger partial charge in [0.05, 0.1) is 11.6 Å². The summed E-state index contributed by atoms with van der Waals surface area (Å²) in [7, 11) is 1.79. The second-order valence-corrected chi connectivity index (χ2v) is 5.28. The molecule has 3 rings (SSSR count). The number of furan rings is 1. The molecule has 3 aromatic heterocycles. The highest BCUT2D eigenvalue weighted by Crippen LogP contribution is 2.31. The SMILES string of the molecule is CNc1nc(OCc2ccco2)c2cc(C)sc2n1. The summed E-state index contributed by atoms with van der Waals surface area (Å²) in [6, 6.07) is 5.75. The van der Waals surface area contributed by atoms with Gasteiger partial charge in [0.1, 0.15) is 17.2 Å². The molecule has 0 saturated heterocycles. The monoisotopic (exact) mass is 275 g/mol. The van der Waals surface area contributed by atoms with Crippen LogP contribution in [0.5, 0.6) is 5.88 Å². The Morgan fingerprint density at radius 2 is 2.32 bits per heavy atom. The molecule has 0 aromatic carbocycles. The van der Waals surface area contributed by atoms with E-state index in [1.54, 1.807) is 24.6 Å². The Morgan fingerprint density at radius 3 is 3.05 bits per heavy atom. The lowest BCUT2D eigenvalue weighted by atomic mass is 10.3. The number of thiophene rings is 1. The Hall–Kier alpha value is -2.08. The number of nitrogens with zero attached hydrogens (tertiary/aromatic N) is 2. The molecule has 0 aliphatic carbocycles. The van der Waals surface area contributed by atoms with Gasteiger partial charge in [0.15, 0.2) is 0 Å². The normalized spacial score (nSPS) is 10.8. The predicted octanol–water partition coefficient (Wildman–Crippen LogP) is 3.21. The Labute approximate surface area is 114 Å². The van der Waals surface area contributed by atoms with Crippen molar-refractivity contribution in [2.24, 2.45) is 0 Å². The highest BCUT2D eigenvalue weighted by molar-refractivity contribution is 7.18. The van der Waals surface area contributed by atoms with Gasteiger partial charge in [-0.2, -0.15) is 4.98 Å².